The third-order valence-electron chi connectivity index (χ3n) is 3.85. The van der Waals surface area contributed by atoms with Crippen molar-refractivity contribution in [2.45, 2.75) is 58.3 Å². The van der Waals surface area contributed by atoms with E-state index in [-0.39, 0.29) is 0 Å². The van der Waals surface area contributed by atoms with Crippen molar-refractivity contribution in [3.05, 3.63) is 24.3 Å². The lowest BCUT2D eigenvalue weighted by atomic mass is 10.1. The van der Waals surface area contributed by atoms with Crippen LogP contribution in [0.15, 0.2) is 24.3 Å². The molecule has 5 nitrogen and oxygen atoms in total. The fourth-order valence-electron chi connectivity index (χ4n) is 2.51. The van der Waals surface area contributed by atoms with Gasteiger partial charge in [0.1, 0.15) is 0 Å². The van der Waals surface area contributed by atoms with Gasteiger partial charge in [0.05, 0.1) is 0 Å². The van der Waals surface area contributed by atoms with E-state index in [0.29, 0.717) is 5.82 Å². The fraction of sp³-hybridized carbons (Fsp3) is 0.588. The molecule has 0 amide bonds. The minimum absolute atomic E-state index is 0.634. The van der Waals surface area contributed by atoms with E-state index in [1.807, 2.05) is 12.1 Å². The summed E-state index contributed by atoms with van der Waals surface area (Å²) < 4.78 is 0. The first kappa shape index (κ1) is 16.5. The monoisotopic (exact) mass is 301 g/mol. The van der Waals surface area contributed by atoms with Crippen LogP contribution in [-0.2, 0) is 0 Å². The standard InChI is InChI=1S/C17H27N5/c1-2-3-4-5-6-7-8-9-14-18-16-12-10-15(11-13-16)17-19-21-22-20-17/h10-13,18H,2-9,14H2,1H3,(H,19,20,21,22). The summed E-state index contributed by atoms with van der Waals surface area (Å²) in [6, 6.07) is 8.16. The first-order valence-electron chi connectivity index (χ1n) is 8.48. The van der Waals surface area contributed by atoms with E-state index in [2.05, 4.69) is 45.0 Å². The highest BCUT2D eigenvalue weighted by Crippen LogP contribution is 2.17. The second-order valence-electron chi connectivity index (χ2n) is 5.71. The summed E-state index contributed by atoms with van der Waals surface area (Å²) in [7, 11) is 0. The number of hydrogen-bond acceptors (Lipinski definition) is 4. The van der Waals surface area contributed by atoms with Crippen LogP contribution in [0.2, 0.25) is 0 Å². The van der Waals surface area contributed by atoms with Crippen molar-refractivity contribution in [3.63, 3.8) is 0 Å². The minimum atomic E-state index is 0.634. The van der Waals surface area contributed by atoms with E-state index in [4.69, 9.17) is 0 Å². The maximum atomic E-state index is 3.97. The molecule has 0 spiro atoms. The lowest BCUT2D eigenvalue weighted by Crippen LogP contribution is -2.01. The summed E-state index contributed by atoms with van der Waals surface area (Å²) in [5, 5.41) is 17.4. The molecule has 0 fully saturated rings. The van der Waals surface area contributed by atoms with Gasteiger partial charge in [-0.2, -0.15) is 5.21 Å². The Morgan fingerprint density at radius 2 is 1.59 bits per heavy atom. The molecular weight excluding hydrogens is 274 g/mol. The largest absolute Gasteiger partial charge is 0.385 e. The first-order valence-corrected chi connectivity index (χ1v) is 8.48. The van der Waals surface area contributed by atoms with Crippen molar-refractivity contribution in [1.29, 1.82) is 0 Å². The third kappa shape index (κ3) is 5.84. The van der Waals surface area contributed by atoms with E-state index >= 15 is 0 Å². The SMILES string of the molecule is CCCCCCCCCCNc1ccc(-c2nn[nH]n2)cc1. The summed E-state index contributed by atoms with van der Waals surface area (Å²) in [6.45, 7) is 3.30. The molecule has 2 N–H and O–H groups in total. The number of rotatable bonds is 11. The zero-order valence-corrected chi connectivity index (χ0v) is 13.5. The zero-order chi connectivity index (χ0) is 15.5. The summed E-state index contributed by atoms with van der Waals surface area (Å²) >= 11 is 0. The van der Waals surface area contributed by atoms with E-state index in [9.17, 15) is 0 Å². The van der Waals surface area contributed by atoms with Gasteiger partial charge in [-0.1, -0.05) is 51.9 Å². The van der Waals surface area contributed by atoms with Gasteiger partial charge in [0.2, 0.25) is 5.82 Å². The van der Waals surface area contributed by atoms with Gasteiger partial charge in [-0.3, -0.25) is 0 Å². The highest BCUT2D eigenvalue weighted by atomic mass is 15.5. The van der Waals surface area contributed by atoms with Crippen molar-refractivity contribution in [2.75, 3.05) is 11.9 Å². The lowest BCUT2D eigenvalue weighted by molar-refractivity contribution is 0.581. The third-order valence-corrected chi connectivity index (χ3v) is 3.85. The normalized spacial score (nSPS) is 10.8. The van der Waals surface area contributed by atoms with Gasteiger partial charge in [0.15, 0.2) is 0 Å². The minimum Gasteiger partial charge on any atom is -0.385 e. The average molecular weight is 301 g/mol. The summed E-state index contributed by atoms with van der Waals surface area (Å²) in [5.41, 5.74) is 2.13. The molecule has 0 atom stereocenters. The molecule has 1 aromatic heterocycles. The molecule has 22 heavy (non-hydrogen) atoms. The Hall–Kier alpha value is -1.91. The number of hydrogen-bond donors (Lipinski definition) is 2. The number of nitrogens with one attached hydrogen (secondary N) is 2. The van der Waals surface area contributed by atoms with Crippen LogP contribution in [0.1, 0.15) is 58.3 Å². The Morgan fingerprint density at radius 1 is 0.909 bits per heavy atom. The van der Waals surface area contributed by atoms with Crippen LogP contribution >= 0.6 is 0 Å². The average Bonchev–Trinajstić information content (AvgIpc) is 3.08. The quantitative estimate of drug-likeness (QED) is 0.603. The summed E-state index contributed by atoms with van der Waals surface area (Å²) in [4.78, 5) is 0. The molecule has 0 unspecified atom stereocenters. The fourth-order valence-corrected chi connectivity index (χ4v) is 2.51. The van der Waals surface area contributed by atoms with Gasteiger partial charge in [-0.05, 0) is 35.9 Å². The van der Waals surface area contributed by atoms with Crippen molar-refractivity contribution < 1.29 is 0 Å². The predicted octanol–water partition coefficient (Wildman–Crippen LogP) is 4.42. The smallest absolute Gasteiger partial charge is 0.204 e. The number of nitrogens with zero attached hydrogens (tertiary/aromatic N) is 3. The number of H-pyrrole nitrogens is 1. The molecule has 0 saturated carbocycles. The maximum absolute atomic E-state index is 3.97. The van der Waals surface area contributed by atoms with Crippen LogP contribution in [0.5, 0.6) is 0 Å². The second-order valence-corrected chi connectivity index (χ2v) is 5.71. The first-order chi connectivity index (χ1) is 10.9. The molecule has 0 aliphatic heterocycles. The zero-order valence-electron chi connectivity index (χ0n) is 13.5. The molecule has 5 heteroatoms. The van der Waals surface area contributed by atoms with Gasteiger partial charge < -0.3 is 5.32 Å². The van der Waals surface area contributed by atoms with Crippen molar-refractivity contribution in [2.24, 2.45) is 0 Å². The highest BCUT2D eigenvalue weighted by molar-refractivity contribution is 5.58. The highest BCUT2D eigenvalue weighted by Gasteiger charge is 2.01. The van der Waals surface area contributed by atoms with Crippen LogP contribution in [0, 0.1) is 0 Å². The van der Waals surface area contributed by atoms with E-state index in [0.717, 1.165) is 17.8 Å². The Kier molecular flexibility index (Phi) is 7.43. The van der Waals surface area contributed by atoms with Crippen molar-refractivity contribution in [1.82, 2.24) is 20.6 Å². The number of tetrazole rings is 1. The number of unbranched alkanes of at least 4 members (excludes halogenated alkanes) is 7. The number of benzene rings is 1. The van der Waals surface area contributed by atoms with Gasteiger partial charge >= 0.3 is 0 Å². The Bertz CT molecular complexity index is 492. The van der Waals surface area contributed by atoms with Crippen LogP contribution in [0.25, 0.3) is 11.4 Å². The van der Waals surface area contributed by atoms with Crippen LogP contribution in [0.3, 0.4) is 0 Å². The number of aromatic amines is 1. The molecule has 0 aliphatic carbocycles. The molecule has 2 aromatic rings. The molecule has 0 bridgehead atoms. The predicted molar refractivity (Wildman–Crippen MR) is 90.7 cm³/mol. The van der Waals surface area contributed by atoms with Gasteiger partial charge in [0, 0.05) is 17.8 Å². The van der Waals surface area contributed by atoms with Gasteiger partial charge in [-0.15, -0.1) is 10.2 Å². The van der Waals surface area contributed by atoms with Crippen molar-refractivity contribution >= 4 is 5.69 Å². The summed E-state index contributed by atoms with van der Waals surface area (Å²) in [5.74, 6) is 0.634. The molecule has 0 aliphatic rings. The van der Waals surface area contributed by atoms with Crippen LogP contribution in [0.4, 0.5) is 5.69 Å². The second kappa shape index (κ2) is 9.92. The van der Waals surface area contributed by atoms with Crippen LogP contribution in [-0.4, -0.2) is 27.2 Å². The molecular formula is C17H27N5. The van der Waals surface area contributed by atoms with Crippen LogP contribution < -0.4 is 5.32 Å². The Morgan fingerprint density at radius 3 is 2.23 bits per heavy atom. The maximum Gasteiger partial charge on any atom is 0.204 e. The molecule has 0 radical (unpaired) electrons. The van der Waals surface area contributed by atoms with Crippen molar-refractivity contribution in [3.8, 4) is 11.4 Å². The molecule has 1 heterocycles. The Labute approximate surface area is 132 Å². The van der Waals surface area contributed by atoms with E-state index < -0.39 is 0 Å². The molecule has 120 valence electrons. The van der Waals surface area contributed by atoms with E-state index in [1.165, 1.54) is 51.4 Å². The Balaban J connectivity index is 1.56. The molecule has 0 saturated heterocycles. The van der Waals surface area contributed by atoms with Gasteiger partial charge in [0.25, 0.3) is 0 Å². The van der Waals surface area contributed by atoms with E-state index in [1.54, 1.807) is 0 Å². The topological polar surface area (TPSA) is 66.5 Å². The molecule has 1 aromatic carbocycles. The lowest BCUT2D eigenvalue weighted by Gasteiger charge is -2.07. The van der Waals surface area contributed by atoms with Gasteiger partial charge in [-0.25, -0.2) is 0 Å². The summed E-state index contributed by atoms with van der Waals surface area (Å²) in [6.07, 6.45) is 10.8. The molecule has 2 rings (SSSR count). The number of aromatic nitrogens is 4. The number of anilines is 1.